The molecule has 1 aliphatic heterocycles. The molecule has 5 nitrogen and oxygen atoms in total. The van der Waals surface area contributed by atoms with Crippen molar-refractivity contribution >= 4 is 21.8 Å². The van der Waals surface area contributed by atoms with Gasteiger partial charge in [-0.25, -0.2) is 4.68 Å². The number of rotatable bonds is 4. The molecular weight excluding hydrogens is 406 g/mol. The quantitative estimate of drug-likeness (QED) is 0.687. The number of aromatic nitrogens is 2. The largest absolute Gasteiger partial charge is 0.488 e. The summed E-state index contributed by atoms with van der Waals surface area (Å²) in [5.41, 5.74) is 4.26. The maximum absolute atomic E-state index is 12.8. The fourth-order valence-electron chi connectivity index (χ4n) is 3.47. The second kappa shape index (κ2) is 7.19. The van der Waals surface area contributed by atoms with E-state index in [0.717, 1.165) is 28.0 Å². The van der Waals surface area contributed by atoms with Gasteiger partial charge < -0.3 is 10.1 Å². The van der Waals surface area contributed by atoms with Crippen LogP contribution in [0.25, 0.3) is 5.69 Å². The number of hydrogen-bond donors (Lipinski definition) is 1. The van der Waals surface area contributed by atoms with Crippen molar-refractivity contribution in [1.82, 2.24) is 15.1 Å². The van der Waals surface area contributed by atoms with Gasteiger partial charge in [-0.3, -0.25) is 4.79 Å². The molecule has 138 valence electrons. The second-order valence-electron chi connectivity index (χ2n) is 6.70. The predicted octanol–water partition coefficient (Wildman–Crippen LogP) is 3.99. The lowest BCUT2D eigenvalue weighted by Gasteiger charge is -2.12. The summed E-state index contributed by atoms with van der Waals surface area (Å²) >= 11 is 3.44. The zero-order chi connectivity index (χ0) is 19.0. The zero-order valence-corrected chi connectivity index (χ0v) is 16.8. The third-order valence-corrected chi connectivity index (χ3v) is 5.32. The first-order valence-electron chi connectivity index (χ1n) is 8.88. The Bertz CT molecular complexity index is 970. The van der Waals surface area contributed by atoms with Crippen LogP contribution in [0.15, 0.2) is 53.0 Å². The lowest BCUT2D eigenvalue weighted by Crippen LogP contribution is -2.34. The molecule has 4 rings (SSSR count). The van der Waals surface area contributed by atoms with Crippen LogP contribution in [0.5, 0.6) is 5.75 Å². The molecule has 2 heterocycles. The van der Waals surface area contributed by atoms with Gasteiger partial charge >= 0.3 is 0 Å². The number of hydrogen-bond acceptors (Lipinski definition) is 3. The Morgan fingerprint density at radius 2 is 1.96 bits per heavy atom. The first-order chi connectivity index (χ1) is 13.0. The Morgan fingerprint density at radius 1 is 1.22 bits per heavy atom. The predicted molar refractivity (Wildman–Crippen MR) is 108 cm³/mol. The normalized spacial score (nSPS) is 15.3. The van der Waals surface area contributed by atoms with E-state index in [-0.39, 0.29) is 12.0 Å². The fourth-order valence-corrected chi connectivity index (χ4v) is 3.73. The van der Waals surface area contributed by atoms with Crippen molar-refractivity contribution in [3.05, 3.63) is 75.5 Å². The minimum Gasteiger partial charge on any atom is -0.488 e. The minimum atomic E-state index is -0.118. The van der Waals surface area contributed by atoms with Gasteiger partial charge in [-0.1, -0.05) is 34.1 Å². The van der Waals surface area contributed by atoms with Gasteiger partial charge in [-0.2, -0.15) is 5.10 Å². The van der Waals surface area contributed by atoms with Gasteiger partial charge in [-0.15, -0.1) is 0 Å². The molecule has 1 aromatic heterocycles. The SMILES string of the molecule is Cc1nn(-c2ccc(Br)cc2)c(C)c1C(=O)NCC1Cc2ccccc2O1. The molecule has 2 aromatic carbocycles. The van der Waals surface area contributed by atoms with Crippen LogP contribution in [0.3, 0.4) is 0 Å². The molecule has 27 heavy (non-hydrogen) atoms. The fraction of sp³-hybridized carbons (Fsp3) is 0.238. The van der Waals surface area contributed by atoms with Crippen LogP contribution in [-0.4, -0.2) is 28.3 Å². The number of amides is 1. The first kappa shape index (κ1) is 17.8. The van der Waals surface area contributed by atoms with E-state index in [9.17, 15) is 4.79 Å². The number of aryl methyl sites for hydroxylation is 1. The van der Waals surface area contributed by atoms with E-state index < -0.39 is 0 Å². The van der Waals surface area contributed by atoms with Crippen molar-refractivity contribution in [2.24, 2.45) is 0 Å². The van der Waals surface area contributed by atoms with E-state index in [0.29, 0.717) is 17.8 Å². The van der Waals surface area contributed by atoms with Gasteiger partial charge in [0.2, 0.25) is 0 Å². The summed E-state index contributed by atoms with van der Waals surface area (Å²) in [4.78, 5) is 12.8. The van der Waals surface area contributed by atoms with Crippen LogP contribution in [0.2, 0.25) is 0 Å². The van der Waals surface area contributed by atoms with E-state index in [1.54, 1.807) is 4.68 Å². The van der Waals surface area contributed by atoms with E-state index in [4.69, 9.17) is 4.74 Å². The first-order valence-corrected chi connectivity index (χ1v) is 9.67. The number of halogens is 1. The Labute approximate surface area is 166 Å². The number of benzene rings is 2. The number of nitrogens with zero attached hydrogens (tertiary/aromatic N) is 2. The summed E-state index contributed by atoms with van der Waals surface area (Å²) in [7, 11) is 0. The Hall–Kier alpha value is -2.60. The summed E-state index contributed by atoms with van der Waals surface area (Å²) < 4.78 is 8.71. The Kier molecular flexibility index (Phi) is 4.74. The van der Waals surface area contributed by atoms with Crippen molar-refractivity contribution in [2.45, 2.75) is 26.4 Å². The molecule has 1 N–H and O–H groups in total. The van der Waals surface area contributed by atoms with E-state index in [1.807, 2.05) is 56.3 Å². The van der Waals surface area contributed by atoms with Crippen LogP contribution in [-0.2, 0) is 6.42 Å². The molecular formula is C21H20BrN3O2. The smallest absolute Gasteiger partial charge is 0.255 e. The zero-order valence-electron chi connectivity index (χ0n) is 15.2. The molecule has 0 aliphatic carbocycles. The highest BCUT2D eigenvalue weighted by Crippen LogP contribution is 2.28. The van der Waals surface area contributed by atoms with E-state index >= 15 is 0 Å². The van der Waals surface area contributed by atoms with Crippen molar-refractivity contribution in [1.29, 1.82) is 0 Å². The van der Waals surface area contributed by atoms with Gasteiger partial charge in [0, 0.05) is 10.9 Å². The average molecular weight is 426 g/mol. The van der Waals surface area contributed by atoms with Gasteiger partial charge in [0.05, 0.1) is 29.2 Å². The number of carbonyl (C=O) groups excluding carboxylic acids is 1. The van der Waals surface area contributed by atoms with Crippen LogP contribution in [0.1, 0.15) is 27.3 Å². The van der Waals surface area contributed by atoms with E-state index in [2.05, 4.69) is 32.4 Å². The molecule has 1 amide bonds. The number of nitrogens with one attached hydrogen (secondary N) is 1. The van der Waals surface area contributed by atoms with E-state index in [1.165, 1.54) is 5.56 Å². The van der Waals surface area contributed by atoms with Crippen LogP contribution in [0.4, 0.5) is 0 Å². The topological polar surface area (TPSA) is 56.2 Å². The monoisotopic (exact) mass is 425 g/mol. The number of para-hydroxylation sites is 1. The van der Waals surface area contributed by atoms with Crippen molar-refractivity contribution in [3.63, 3.8) is 0 Å². The molecule has 1 unspecified atom stereocenters. The van der Waals surface area contributed by atoms with Crippen LogP contribution < -0.4 is 10.1 Å². The summed E-state index contributed by atoms with van der Waals surface area (Å²) in [6.45, 7) is 4.24. The standard InChI is InChI=1S/C21H20BrN3O2/c1-13-20(14(2)25(24-13)17-9-7-16(22)8-10-17)21(26)23-12-18-11-15-5-3-4-6-19(15)27-18/h3-10,18H,11-12H2,1-2H3,(H,23,26). The number of ether oxygens (including phenoxy) is 1. The maximum atomic E-state index is 12.8. The molecule has 0 saturated carbocycles. The summed E-state index contributed by atoms with van der Waals surface area (Å²) in [6.07, 6.45) is 0.778. The molecule has 6 heteroatoms. The minimum absolute atomic E-state index is 0.0338. The second-order valence-corrected chi connectivity index (χ2v) is 7.61. The molecule has 0 radical (unpaired) electrons. The third-order valence-electron chi connectivity index (χ3n) is 4.79. The molecule has 1 aliphatic rings. The highest BCUT2D eigenvalue weighted by molar-refractivity contribution is 9.10. The summed E-state index contributed by atoms with van der Waals surface area (Å²) in [6, 6.07) is 15.8. The lowest BCUT2D eigenvalue weighted by molar-refractivity contribution is 0.0932. The highest BCUT2D eigenvalue weighted by Gasteiger charge is 2.24. The molecule has 1 atom stereocenters. The lowest BCUT2D eigenvalue weighted by atomic mass is 10.1. The van der Waals surface area contributed by atoms with Gasteiger partial charge in [0.1, 0.15) is 11.9 Å². The Balaban J connectivity index is 1.47. The van der Waals surface area contributed by atoms with Crippen molar-refractivity contribution in [3.8, 4) is 11.4 Å². The van der Waals surface area contributed by atoms with Gasteiger partial charge in [0.15, 0.2) is 0 Å². The molecule has 3 aromatic rings. The molecule has 0 bridgehead atoms. The molecule has 0 spiro atoms. The molecule has 0 saturated heterocycles. The maximum Gasteiger partial charge on any atom is 0.255 e. The van der Waals surface area contributed by atoms with Crippen molar-refractivity contribution < 1.29 is 9.53 Å². The molecule has 0 fully saturated rings. The van der Waals surface area contributed by atoms with Gasteiger partial charge in [0.25, 0.3) is 5.91 Å². The summed E-state index contributed by atoms with van der Waals surface area (Å²) in [5.74, 6) is 0.792. The van der Waals surface area contributed by atoms with Crippen LogP contribution >= 0.6 is 15.9 Å². The van der Waals surface area contributed by atoms with Crippen LogP contribution in [0, 0.1) is 13.8 Å². The Morgan fingerprint density at radius 3 is 2.70 bits per heavy atom. The number of carbonyl (C=O) groups is 1. The van der Waals surface area contributed by atoms with Gasteiger partial charge in [-0.05, 0) is 49.7 Å². The number of fused-ring (bicyclic) bond motifs is 1. The van der Waals surface area contributed by atoms with Crippen molar-refractivity contribution in [2.75, 3.05) is 6.54 Å². The summed E-state index contributed by atoms with van der Waals surface area (Å²) in [5, 5.41) is 7.56. The highest BCUT2D eigenvalue weighted by atomic mass is 79.9. The average Bonchev–Trinajstić information content (AvgIpc) is 3.20. The third kappa shape index (κ3) is 3.49.